The second-order valence-corrected chi connectivity index (χ2v) is 5.73. The molecule has 1 heterocycles. The molecular formula is C14H16Cl3N3. The number of nitrogens with zero attached hydrogens (tertiary/aromatic N) is 2. The standard InChI is InChI=1S/C14H16Cl3N3/c1-10(11-4-5-12(15)14(17)13(11)16)18-6-2-8-20-9-3-7-19-20/h3-5,7,9-10,18H,2,6,8H2,1H3. The van der Waals surface area contributed by atoms with E-state index in [1.54, 1.807) is 12.3 Å². The lowest BCUT2D eigenvalue weighted by atomic mass is 10.1. The maximum Gasteiger partial charge on any atom is 0.0781 e. The molecule has 2 rings (SSSR count). The highest BCUT2D eigenvalue weighted by Gasteiger charge is 2.13. The average molecular weight is 333 g/mol. The highest BCUT2D eigenvalue weighted by atomic mass is 35.5. The van der Waals surface area contributed by atoms with Gasteiger partial charge < -0.3 is 5.32 Å². The van der Waals surface area contributed by atoms with E-state index in [1.807, 2.05) is 23.0 Å². The van der Waals surface area contributed by atoms with E-state index in [2.05, 4.69) is 17.3 Å². The number of aryl methyl sites for hydroxylation is 1. The van der Waals surface area contributed by atoms with Gasteiger partial charge in [0.25, 0.3) is 0 Å². The van der Waals surface area contributed by atoms with Crippen LogP contribution >= 0.6 is 34.8 Å². The van der Waals surface area contributed by atoms with Crippen LogP contribution in [0.25, 0.3) is 0 Å². The van der Waals surface area contributed by atoms with Crippen molar-refractivity contribution in [3.05, 3.63) is 51.2 Å². The van der Waals surface area contributed by atoms with Gasteiger partial charge in [-0.2, -0.15) is 5.10 Å². The highest BCUT2D eigenvalue weighted by molar-refractivity contribution is 6.48. The van der Waals surface area contributed by atoms with Gasteiger partial charge in [0.1, 0.15) is 0 Å². The van der Waals surface area contributed by atoms with Gasteiger partial charge in [0, 0.05) is 25.0 Å². The zero-order valence-electron chi connectivity index (χ0n) is 11.1. The molecule has 108 valence electrons. The van der Waals surface area contributed by atoms with E-state index in [0.717, 1.165) is 25.1 Å². The number of rotatable bonds is 6. The first-order valence-corrected chi connectivity index (χ1v) is 7.57. The Hall–Kier alpha value is -0.740. The van der Waals surface area contributed by atoms with Gasteiger partial charge in [0.2, 0.25) is 0 Å². The fourth-order valence-corrected chi connectivity index (χ4v) is 2.68. The average Bonchev–Trinajstić information content (AvgIpc) is 2.94. The molecule has 0 aliphatic heterocycles. The second kappa shape index (κ2) is 7.32. The summed E-state index contributed by atoms with van der Waals surface area (Å²) in [7, 11) is 0. The van der Waals surface area contributed by atoms with Gasteiger partial charge in [-0.05, 0) is 37.6 Å². The zero-order valence-corrected chi connectivity index (χ0v) is 13.4. The zero-order chi connectivity index (χ0) is 14.5. The third-order valence-corrected chi connectivity index (χ3v) is 4.41. The van der Waals surface area contributed by atoms with Crippen molar-refractivity contribution in [3.63, 3.8) is 0 Å². The van der Waals surface area contributed by atoms with Crippen molar-refractivity contribution in [2.24, 2.45) is 0 Å². The van der Waals surface area contributed by atoms with Crippen molar-refractivity contribution >= 4 is 34.8 Å². The van der Waals surface area contributed by atoms with Crippen molar-refractivity contribution in [2.45, 2.75) is 25.9 Å². The highest BCUT2D eigenvalue weighted by Crippen LogP contribution is 2.35. The lowest BCUT2D eigenvalue weighted by Gasteiger charge is -2.17. The van der Waals surface area contributed by atoms with Gasteiger partial charge >= 0.3 is 0 Å². The van der Waals surface area contributed by atoms with Crippen LogP contribution in [0.15, 0.2) is 30.6 Å². The van der Waals surface area contributed by atoms with E-state index in [4.69, 9.17) is 34.8 Å². The van der Waals surface area contributed by atoms with E-state index < -0.39 is 0 Å². The minimum atomic E-state index is 0.120. The van der Waals surface area contributed by atoms with Crippen LogP contribution in [0.5, 0.6) is 0 Å². The SMILES string of the molecule is CC(NCCCn1cccn1)c1ccc(Cl)c(Cl)c1Cl. The molecule has 2 aromatic rings. The molecule has 1 aromatic carbocycles. The third kappa shape index (κ3) is 3.89. The molecule has 1 unspecified atom stereocenters. The maximum atomic E-state index is 6.22. The molecule has 0 aliphatic rings. The number of nitrogens with one attached hydrogen (secondary N) is 1. The summed E-state index contributed by atoms with van der Waals surface area (Å²) in [5.74, 6) is 0. The summed E-state index contributed by atoms with van der Waals surface area (Å²) in [6, 6.07) is 5.72. The number of aromatic nitrogens is 2. The summed E-state index contributed by atoms with van der Waals surface area (Å²) in [5.41, 5.74) is 0.958. The normalized spacial score (nSPS) is 12.6. The number of benzene rings is 1. The molecule has 1 N–H and O–H groups in total. The van der Waals surface area contributed by atoms with Gasteiger partial charge in [0.05, 0.1) is 15.1 Å². The van der Waals surface area contributed by atoms with Crippen LogP contribution in [-0.2, 0) is 6.54 Å². The first-order valence-electron chi connectivity index (χ1n) is 6.44. The minimum absolute atomic E-state index is 0.120. The lowest BCUT2D eigenvalue weighted by molar-refractivity contribution is 0.507. The van der Waals surface area contributed by atoms with E-state index in [-0.39, 0.29) is 6.04 Å². The minimum Gasteiger partial charge on any atom is -0.310 e. The molecule has 20 heavy (non-hydrogen) atoms. The molecule has 0 aliphatic carbocycles. The van der Waals surface area contributed by atoms with Crippen molar-refractivity contribution < 1.29 is 0 Å². The van der Waals surface area contributed by atoms with E-state index >= 15 is 0 Å². The van der Waals surface area contributed by atoms with Crippen molar-refractivity contribution in [1.82, 2.24) is 15.1 Å². The van der Waals surface area contributed by atoms with Crippen LogP contribution in [-0.4, -0.2) is 16.3 Å². The fraction of sp³-hybridized carbons (Fsp3) is 0.357. The molecule has 0 amide bonds. The van der Waals surface area contributed by atoms with Crippen molar-refractivity contribution in [1.29, 1.82) is 0 Å². The van der Waals surface area contributed by atoms with Crippen LogP contribution in [0, 0.1) is 0 Å². The number of hydrogen-bond donors (Lipinski definition) is 1. The molecule has 1 aromatic heterocycles. The van der Waals surface area contributed by atoms with E-state index in [1.165, 1.54) is 0 Å². The molecular weight excluding hydrogens is 317 g/mol. The Morgan fingerprint density at radius 2 is 2.05 bits per heavy atom. The first kappa shape index (κ1) is 15.6. The van der Waals surface area contributed by atoms with Gasteiger partial charge in [-0.25, -0.2) is 0 Å². The number of hydrogen-bond acceptors (Lipinski definition) is 2. The largest absolute Gasteiger partial charge is 0.310 e. The van der Waals surface area contributed by atoms with Gasteiger partial charge in [-0.15, -0.1) is 0 Å². The first-order chi connectivity index (χ1) is 9.59. The monoisotopic (exact) mass is 331 g/mol. The molecule has 0 bridgehead atoms. The molecule has 0 saturated carbocycles. The lowest BCUT2D eigenvalue weighted by Crippen LogP contribution is -2.21. The second-order valence-electron chi connectivity index (χ2n) is 4.56. The van der Waals surface area contributed by atoms with Crippen molar-refractivity contribution in [3.8, 4) is 0 Å². The summed E-state index contributed by atoms with van der Waals surface area (Å²) >= 11 is 18.2. The summed E-state index contributed by atoms with van der Waals surface area (Å²) in [5, 5.41) is 8.99. The molecule has 1 atom stereocenters. The Morgan fingerprint density at radius 1 is 1.25 bits per heavy atom. The summed E-state index contributed by atoms with van der Waals surface area (Å²) < 4.78 is 1.92. The molecule has 0 radical (unpaired) electrons. The Balaban J connectivity index is 1.85. The van der Waals surface area contributed by atoms with Crippen LogP contribution < -0.4 is 5.32 Å². The Kier molecular flexibility index (Phi) is 5.73. The molecule has 6 heteroatoms. The fourth-order valence-electron chi connectivity index (χ4n) is 1.98. The Morgan fingerprint density at radius 3 is 2.75 bits per heavy atom. The summed E-state index contributed by atoms with van der Waals surface area (Å²) in [4.78, 5) is 0. The Labute approximate surface area is 133 Å². The topological polar surface area (TPSA) is 29.9 Å². The quantitative estimate of drug-likeness (QED) is 0.619. The Bertz CT molecular complexity index is 555. The maximum absolute atomic E-state index is 6.22. The van der Waals surface area contributed by atoms with E-state index in [0.29, 0.717) is 15.1 Å². The number of halogens is 3. The predicted octanol–water partition coefficient (Wildman–Crippen LogP) is 4.58. The summed E-state index contributed by atoms with van der Waals surface area (Å²) in [6.07, 6.45) is 4.73. The van der Waals surface area contributed by atoms with Crippen LogP contribution in [0.3, 0.4) is 0 Å². The van der Waals surface area contributed by atoms with Gasteiger partial charge in [0.15, 0.2) is 0 Å². The summed E-state index contributed by atoms with van der Waals surface area (Å²) in [6.45, 7) is 3.82. The molecule has 0 saturated heterocycles. The third-order valence-electron chi connectivity index (χ3n) is 3.11. The van der Waals surface area contributed by atoms with E-state index in [9.17, 15) is 0 Å². The van der Waals surface area contributed by atoms with Gasteiger partial charge in [-0.3, -0.25) is 4.68 Å². The van der Waals surface area contributed by atoms with Crippen molar-refractivity contribution in [2.75, 3.05) is 6.54 Å². The smallest absolute Gasteiger partial charge is 0.0781 e. The predicted molar refractivity (Wildman–Crippen MR) is 84.7 cm³/mol. The van der Waals surface area contributed by atoms with Crippen LogP contribution in [0.2, 0.25) is 15.1 Å². The molecule has 0 spiro atoms. The molecule has 0 fully saturated rings. The van der Waals surface area contributed by atoms with Crippen LogP contribution in [0.1, 0.15) is 24.9 Å². The van der Waals surface area contributed by atoms with Gasteiger partial charge in [-0.1, -0.05) is 40.9 Å². The van der Waals surface area contributed by atoms with Crippen LogP contribution in [0.4, 0.5) is 0 Å². The molecule has 3 nitrogen and oxygen atoms in total.